The zero-order valence-electron chi connectivity index (χ0n) is 16.6. The molecule has 1 aliphatic rings. The monoisotopic (exact) mass is 425 g/mol. The SMILES string of the molecule is CO[C@@H](C(=O)Nc1nnc(NC2CCN(c3cccnn3)CC2)s1)c1ccccc1. The van der Waals surface area contributed by atoms with Crippen LogP contribution in [0.5, 0.6) is 0 Å². The number of hydrogen-bond donors (Lipinski definition) is 2. The van der Waals surface area contributed by atoms with Crippen LogP contribution in [0.15, 0.2) is 48.7 Å². The number of benzene rings is 1. The van der Waals surface area contributed by atoms with Crippen molar-refractivity contribution in [1.82, 2.24) is 20.4 Å². The van der Waals surface area contributed by atoms with Gasteiger partial charge in [-0.05, 0) is 30.5 Å². The van der Waals surface area contributed by atoms with E-state index < -0.39 is 6.10 Å². The summed E-state index contributed by atoms with van der Waals surface area (Å²) in [7, 11) is 1.51. The number of ether oxygens (including phenoxy) is 1. The van der Waals surface area contributed by atoms with Crippen molar-refractivity contribution in [3.63, 3.8) is 0 Å². The van der Waals surface area contributed by atoms with Gasteiger partial charge >= 0.3 is 0 Å². The van der Waals surface area contributed by atoms with Crippen LogP contribution in [-0.2, 0) is 9.53 Å². The highest BCUT2D eigenvalue weighted by Gasteiger charge is 2.23. The van der Waals surface area contributed by atoms with Crippen molar-refractivity contribution >= 4 is 33.3 Å². The number of nitrogens with one attached hydrogen (secondary N) is 2. The summed E-state index contributed by atoms with van der Waals surface area (Å²) in [6.45, 7) is 1.79. The summed E-state index contributed by atoms with van der Waals surface area (Å²) in [5.74, 6) is 0.631. The average molecular weight is 426 g/mol. The molecule has 0 saturated carbocycles. The predicted molar refractivity (Wildman–Crippen MR) is 116 cm³/mol. The largest absolute Gasteiger partial charge is 0.367 e. The zero-order valence-corrected chi connectivity index (χ0v) is 17.4. The fraction of sp³-hybridized carbons (Fsp3) is 0.350. The maximum atomic E-state index is 12.6. The Balaban J connectivity index is 1.30. The topological polar surface area (TPSA) is 105 Å². The highest BCUT2D eigenvalue weighted by Crippen LogP contribution is 2.26. The third kappa shape index (κ3) is 4.89. The maximum absolute atomic E-state index is 12.6. The van der Waals surface area contributed by atoms with Crippen molar-refractivity contribution in [2.45, 2.75) is 25.0 Å². The minimum Gasteiger partial charge on any atom is -0.367 e. The molecular formula is C20H23N7O2S. The van der Waals surface area contributed by atoms with E-state index in [4.69, 9.17) is 4.74 Å². The smallest absolute Gasteiger partial charge is 0.259 e. The van der Waals surface area contributed by atoms with Gasteiger partial charge in [0.1, 0.15) is 0 Å². The molecule has 0 aliphatic carbocycles. The van der Waals surface area contributed by atoms with E-state index in [-0.39, 0.29) is 5.91 Å². The Morgan fingerprint density at radius 2 is 1.87 bits per heavy atom. The molecule has 1 fully saturated rings. The first kappa shape index (κ1) is 20.2. The summed E-state index contributed by atoms with van der Waals surface area (Å²) < 4.78 is 5.36. The van der Waals surface area contributed by atoms with E-state index in [1.807, 2.05) is 42.5 Å². The molecule has 0 unspecified atom stereocenters. The molecule has 10 heteroatoms. The van der Waals surface area contributed by atoms with Crippen LogP contribution in [0.4, 0.5) is 16.1 Å². The van der Waals surface area contributed by atoms with E-state index in [0.717, 1.165) is 37.3 Å². The summed E-state index contributed by atoms with van der Waals surface area (Å²) in [5, 5.41) is 23.7. The van der Waals surface area contributed by atoms with Gasteiger partial charge in [-0.25, -0.2) is 0 Å². The number of hydrogen-bond acceptors (Lipinski definition) is 9. The fourth-order valence-electron chi connectivity index (χ4n) is 3.41. The van der Waals surface area contributed by atoms with Crippen LogP contribution in [-0.4, -0.2) is 52.5 Å². The average Bonchev–Trinajstić information content (AvgIpc) is 3.23. The van der Waals surface area contributed by atoms with E-state index in [0.29, 0.717) is 16.3 Å². The first-order valence-electron chi connectivity index (χ1n) is 9.74. The molecule has 1 aromatic carbocycles. The van der Waals surface area contributed by atoms with E-state index >= 15 is 0 Å². The van der Waals surface area contributed by atoms with Gasteiger partial charge < -0.3 is 15.0 Å². The number of anilines is 3. The van der Waals surface area contributed by atoms with Crippen molar-refractivity contribution in [3.05, 3.63) is 54.2 Å². The van der Waals surface area contributed by atoms with Crippen LogP contribution in [0, 0.1) is 0 Å². The number of carbonyl (C=O) groups excluding carboxylic acids is 1. The lowest BCUT2D eigenvalue weighted by molar-refractivity contribution is -0.126. The molecule has 2 aromatic heterocycles. The quantitative estimate of drug-likeness (QED) is 0.595. The van der Waals surface area contributed by atoms with Crippen molar-refractivity contribution < 1.29 is 9.53 Å². The molecule has 1 aliphatic heterocycles. The summed E-state index contributed by atoms with van der Waals surface area (Å²) in [5.41, 5.74) is 0.787. The Morgan fingerprint density at radius 1 is 1.10 bits per heavy atom. The first-order chi connectivity index (χ1) is 14.7. The van der Waals surface area contributed by atoms with Crippen molar-refractivity contribution in [2.24, 2.45) is 0 Å². The molecule has 3 heterocycles. The Kier molecular flexibility index (Phi) is 6.45. The van der Waals surface area contributed by atoms with Crippen LogP contribution < -0.4 is 15.5 Å². The molecule has 30 heavy (non-hydrogen) atoms. The summed E-state index contributed by atoms with van der Waals surface area (Å²) in [4.78, 5) is 14.8. The fourth-order valence-corrected chi connectivity index (χ4v) is 4.14. The highest BCUT2D eigenvalue weighted by atomic mass is 32.1. The maximum Gasteiger partial charge on any atom is 0.259 e. The minimum absolute atomic E-state index is 0.274. The third-order valence-electron chi connectivity index (χ3n) is 4.94. The second kappa shape index (κ2) is 9.59. The molecule has 2 N–H and O–H groups in total. The summed E-state index contributed by atoms with van der Waals surface area (Å²) in [6.07, 6.45) is 2.89. The van der Waals surface area contributed by atoms with E-state index in [1.54, 1.807) is 6.20 Å². The Bertz CT molecular complexity index is 946. The van der Waals surface area contributed by atoms with Gasteiger partial charge in [0.25, 0.3) is 5.91 Å². The van der Waals surface area contributed by atoms with Gasteiger partial charge in [-0.3, -0.25) is 10.1 Å². The molecule has 0 spiro atoms. The van der Waals surface area contributed by atoms with Crippen LogP contribution in [0.25, 0.3) is 0 Å². The zero-order chi connectivity index (χ0) is 20.8. The summed E-state index contributed by atoms with van der Waals surface area (Å²) in [6, 6.07) is 13.5. The Labute approximate surface area is 178 Å². The van der Waals surface area contributed by atoms with E-state index in [2.05, 4.69) is 35.9 Å². The van der Waals surface area contributed by atoms with Gasteiger partial charge in [0.05, 0.1) is 0 Å². The van der Waals surface area contributed by atoms with Gasteiger partial charge in [0.2, 0.25) is 10.3 Å². The minimum atomic E-state index is -0.697. The number of methoxy groups -OCH3 is 1. The lowest BCUT2D eigenvalue weighted by atomic mass is 10.1. The first-order valence-corrected chi connectivity index (χ1v) is 10.6. The molecule has 0 bridgehead atoms. The molecule has 4 rings (SSSR count). The highest BCUT2D eigenvalue weighted by molar-refractivity contribution is 7.19. The van der Waals surface area contributed by atoms with Crippen LogP contribution in [0.3, 0.4) is 0 Å². The standard InChI is InChI=1S/C20H23N7O2S/c1-29-17(14-6-3-2-4-7-14)18(28)23-20-26-25-19(30-20)22-15-9-12-27(13-10-15)16-8-5-11-21-24-16/h2-8,11,15,17H,9-10,12-13H2,1H3,(H,22,25)(H,23,26,28)/t17-/m1/s1. The third-order valence-corrected chi connectivity index (χ3v) is 5.71. The second-order valence-electron chi connectivity index (χ2n) is 6.92. The van der Waals surface area contributed by atoms with Gasteiger partial charge in [-0.2, -0.15) is 5.10 Å². The van der Waals surface area contributed by atoms with E-state index in [9.17, 15) is 4.79 Å². The number of rotatable bonds is 7. The lowest BCUT2D eigenvalue weighted by Crippen LogP contribution is -2.39. The van der Waals surface area contributed by atoms with Crippen LogP contribution in [0.2, 0.25) is 0 Å². The summed E-state index contributed by atoms with van der Waals surface area (Å²) >= 11 is 1.32. The normalized spacial score (nSPS) is 15.6. The second-order valence-corrected chi connectivity index (χ2v) is 7.89. The van der Waals surface area contributed by atoms with Crippen molar-refractivity contribution in [1.29, 1.82) is 0 Å². The molecule has 1 atom stereocenters. The number of piperidine rings is 1. The van der Waals surface area contributed by atoms with Crippen LogP contribution >= 0.6 is 11.3 Å². The number of carbonyl (C=O) groups is 1. The molecule has 0 radical (unpaired) electrons. The van der Waals surface area contributed by atoms with Crippen molar-refractivity contribution in [3.8, 4) is 0 Å². The number of nitrogens with zero attached hydrogens (tertiary/aromatic N) is 5. The van der Waals surface area contributed by atoms with E-state index in [1.165, 1.54) is 18.4 Å². The van der Waals surface area contributed by atoms with Crippen molar-refractivity contribution in [2.75, 3.05) is 35.7 Å². The number of aromatic nitrogens is 4. The Morgan fingerprint density at radius 3 is 2.57 bits per heavy atom. The molecular weight excluding hydrogens is 402 g/mol. The molecule has 1 saturated heterocycles. The molecule has 3 aromatic rings. The Hall–Kier alpha value is -3.11. The van der Waals surface area contributed by atoms with Gasteiger partial charge in [0.15, 0.2) is 11.9 Å². The van der Waals surface area contributed by atoms with Crippen LogP contribution in [0.1, 0.15) is 24.5 Å². The predicted octanol–water partition coefficient (Wildman–Crippen LogP) is 2.74. The molecule has 156 valence electrons. The van der Waals surface area contributed by atoms with Gasteiger partial charge in [-0.1, -0.05) is 41.7 Å². The molecule has 9 nitrogen and oxygen atoms in total. The van der Waals surface area contributed by atoms with Gasteiger partial charge in [-0.15, -0.1) is 15.3 Å². The lowest BCUT2D eigenvalue weighted by Gasteiger charge is -2.32. The van der Waals surface area contributed by atoms with Gasteiger partial charge in [0, 0.05) is 32.4 Å². The number of amides is 1. The molecule has 1 amide bonds.